The van der Waals surface area contributed by atoms with Crippen LogP contribution in [0.25, 0.3) is 0 Å². The molecular formula is C9H10N2. The van der Waals surface area contributed by atoms with E-state index in [1.54, 1.807) is 0 Å². The Kier molecular flexibility index (Phi) is 1.39. The van der Waals surface area contributed by atoms with Crippen LogP contribution in [0.5, 0.6) is 0 Å². The largest absolute Gasteiger partial charge is 0.350 e. The minimum atomic E-state index is 1.03. The van der Waals surface area contributed by atoms with Gasteiger partial charge in [-0.1, -0.05) is 6.08 Å². The van der Waals surface area contributed by atoms with Crippen LogP contribution in [0.1, 0.15) is 5.56 Å². The molecule has 0 spiro atoms. The van der Waals surface area contributed by atoms with Crippen LogP contribution < -0.4 is 4.90 Å². The molecule has 0 amide bonds. The first-order valence-electron chi connectivity index (χ1n) is 3.70. The van der Waals surface area contributed by atoms with Crippen LogP contribution >= 0.6 is 0 Å². The van der Waals surface area contributed by atoms with Crippen molar-refractivity contribution in [2.24, 2.45) is 0 Å². The Morgan fingerprint density at radius 1 is 1.55 bits per heavy atom. The van der Waals surface area contributed by atoms with Gasteiger partial charge < -0.3 is 4.90 Å². The van der Waals surface area contributed by atoms with Crippen LogP contribution in [0, 0.1) is 0 Å². The fourth-order valence-corrected chi connectivity index (χ4v) is 1.32. The van der Waals surface area contributed by atoms with Crippen molar-refractivity contribution >= 4 is 5.69 Å². The van der Waals surface area contributed by atoms with Crippen molar-refractivity contribution < 1.29 is 0 Å². The van der Waals surface area contributed by atoms with Gasteiger partial charge in [0, 0.05) is 19.4 Å². The van der Waals surface area contributed by atoms with Crippen molar-refractivity contribution in [2.75, 3.05) is 11.9 Å². The Labute approximate surface area is 66.2 Å². The predicted molar refractivity (Wildman–Crippen MR) is 45.5 cm³/mol. The molecular weight excluding hydrogens is 136 g/mol. The topological polar surface area (TPSA) is 16.1 Å². The molecule has 0 fully saturated rings. The maximum atomic E-state index is 4.07. The minimum absolute atomic E-state index is 1.03. The molecule has 1 aliphatic heterocycles. The fraction of sp³-hybridized carbons (Fsp3) is 0.222. The van der Waals surface area contributed by atoms with Crippen LogP contribution in [-0.4, -0.2) is 12.0 Å². The molecule has 1 aliphatic rings. The van der Waals surface area contributed by atoms with Crippen LogP contribution in [-0.2, 0) is 6.42 Å². The molecule has 1 aromatic rings. The van der Waals surface area contributed by atoms with Crippen LogP contribution in [0.3, 0.4) is 0 Å². The van der Waals surface area contributed by atoms with E-state index in [9.17, 15) is 0 Å². The lowest BCUT2D eigenvalue weighted by atomic mass is 10.1. The maximum Gasteiger partial charge on any atom is 0.0625 e. The lowest BCUT2D eigenvalue weighted by Crippen LogP contribution is -2.13. The Morgan fingerprint density at radius 3 is 3.27 bits per heavy atom. The average molecular weight is 146 g/mol. The second kappa shape index (κ2) is 2.38. The van der Waals surface area contributed by atoms with Crippen LogP contribution in [0.2, 0.25) is 0 Å². The second-order valence-corrected chi connectivity index (χ2v) is 2.70. The Hall–Kier alpha value is -1.31. The third kappa shape index (κ3) is 1.00. The van der Waals surface area contributed by atoms with Gasteiger partial charge in [-0.15, -0.1) is 0 Å². The maximum absolute atomic E-state index is 4.07. The summed E-state index contributed by atoms with van der Waals surface area (Å²) in [5, 5.41) is 0. The molecule has 2 heteroatoms. The number of fused-ring (bicyclic) bond motifs is 1. The molecule has 0 bridgehead atoms. The summed E-state index contributed by atoms with van der Waals surface area (Å²) in [4.78, 5) is 6.16. The van der Waals surface area contributed by atoms with E-state index in [2.05, 4.69) is 28.2 Å². The summed E-state index contributed by atoms with van der Waals surface area (Å²) in [7, 11) is 2.04. The lowest BCUT2D eigenvalue weighted by Gasteiger charge is -2.20. The Balaban J connectivity index is 2.50. The standard InChI is InChI=1S/C9H10N2/c1-11-6-2-3-8-4-5-10-7-9(8)11/h2,4-7H,3H2,1H3. The van der Waals surface area contributed by atoms with Gasteiger partial charge in [-0.25, -0.2) is 0 Å². The summed E-state index contributed by atoms with van der Waals surface area (Å²) in [6.07, 6.45) is 9.00. The van der Waals surface area contributed by atoms with Crippen molar-refractivity contribution in [1.29, 1.82) is 0 Å². The Morgan fingerprint density at radius 2 is 2.45 bits per heavy atom. The first kappa shape index (κ1) is 6.40. The molecule has 0 aliphatic carbocycles. The van der Waals surface area contributed by atoms with E-state index in [0.717, 1.165) is 6.42 Å². The smallest absolute Gasteiger partial charge is 0.0625 e. The highest BCUT2D eigenvalue weighted by Gasteiger charge is 2.07. The van der Waals surface area contributed by atoms with E-state index < -0.39 is 0 Å². The molecule has 2 rings (SSSR count). The van der Waals surface area contributed by atoms with E-state index >= 15 is 0 Å². The van der Waals surface area contributed by atoms with Gasteiger partial charge in [-0.3, -0.25) is 4.98 Å². The molecule has 0 atom stereocenters. The number of hydrogen-bond donors (Lipinski definition) is 0. The molecule has 2 heterocycles. The number of anilines is 1. The summed E-state index contributed by atoms with van der Waals surface area (Å²) in [6.45, 7) is 0. The van der Waals surface area contributed by atoms with Crippen LogP contribution in [0.15, 0.2) is 30.7 Å². The highest BCUT2D eigenvalue weighted by Crippen LogP contribution is 2.22. The monoisotopic (exact) mass is 146 g/mol. The molecule has 0 saturated heterocycles. The number of allylic oxidation sites excluding steroid dienone is 1. The van der Waals surface area contributed by atoms with Crippen molar-refractivity contribution in [2.45, 2.75) is 6.42 Å². The van der Waals surface area contributed by atoms with Crippen molar-refractivity contribution in [3.05, 3.63) is 36.3 Å². The molecule has 56 valence electrons. The van der Waals surface area contributed by atoms with E-state index in [1.807, 2.05) is 19.4 Å². The van der Waals surface area contributed by atoms with Gasteiger partial charge in [0.15, 0.2) is 0 Å². The summed E-state index contributed by atoms with van der Waals surface area (Å²) < 4.78 is 0. The molecule has 11 heavy (non-hydrogen) atoms. The van der Waals surface area contributed by atoms with Gasteiger partial charge in [-0.05, 0) is 18.1 Å². The highest BCUT2D eigenvalue weighted by atomic mass is 15.1. The molecule has 2 nitrogen and oxygen atoms in total. The third-order valence-electron chi connectivity index (χ3n) is 1.93. The van der Waals surface area contributed by atoms with E-state index in [4.69, 9.17) is 0 Å². The molecule has 0 radical (unpaired) electrons. The van der Waals surface area contributed by atoms with E-state index in [-0.39, 0.29) is 0 Å². The Bertz CT molecular complexity index is 291. The van der Waals surface area contributed by atoms with Gasteiger partial charge in [0.05, 0.1) is 11.9 Å². The number of nitrogens with zero attached hydrogens (tertiary/aromatic N) is 2. The van der Waals surface area contributed by atoms with Crippen molar-refractivity contribution in [1.82, 2.24) is 4.98 Å². The second-order valence-electron chi connectivity index (χ2n) is 2.70. The van der Waals surface area contributed by atoms with Crippen molar-refractivity contribution in [3.8, 4) is 0 Å². The van der Waals surface area contributed by atoms with Gasteiger partial charge in [0.2, 0.25) is 0 Å². The average Bonchev–Trinajstić information content (AvgIpc) is 2.06. The predicted octanol–water partition coefficient (Wildman–Crippen LogP) is 1.59. The zero-order valence-corrected chi connectivity index (χ0v) is 6.49. The van der Waals surface area contributed by atoms with Gasteiger partial charge in [0.25, 0.3) is 0 Å². The molecule has 1 aromatic heterocycles. The first-order chi connectivity index (χ1) is 5.38. The van der Waals surface area contributed by atoms with Gasteiger partial charge in [0.1, 0.15) is 0 Å². The summed E-state index contributed by atoms with van der Waals surface area (Å²) in [6, 6.07) is 2.06. The molecule has 0 N–H and O–H groups in total. The van der Waals surface area contributed by atoms with Crippen LogP contribution in [0.4, 0.5) is 5.69 Å². The molecule has 0 saturated carbocycles. The fourth-order valence-electron chi connectivity index (χ4n) is 1.32. The zero-order valence-electron chi connectivity index (χ0n) is 6.49. The molecule has 0 aromatic carbocycles. The highest BCUT2D eigenvalue weighted by molar-refractivity contribution is 5.56. The zero-order chi connectivity index (χ0) is 7.68. The number of hydrogen-bond acceptors (Lipinski definition) is 2. The lowest BCUT2D eigenvalue weighted by molar-refractivity contribution is 1.07. The van der Waals surface area contributed by atoms with Gasteiger partial charge >= 0.3 is 0 Å². The quantitative estimate of drug-likeness (QED) is 0.552. The first-order valence-corrected chi connectivity index (χ1v) is 3.70. The number of rotatable bonds is 0. The normalized spacial score (nSPS) is 14.8. The van der Waals surface area contributed by atoms with Gasteiger partial charge in [-0.2, -0.15) is 0 Å². The van der Waals surface area contributed by atoms with E-state index in [1.165, 1.54) is 11.3 Å². The van der Waals surface area contributed by atoms with Crippen molar-refractivity contribution in [3.63, 3.8) is 0 Å². The third-order valence-corrected chi connectivity index (χ3v) is 1.93. The number of aromatic nitrogens is 1. The minimum Gasteiger partial charge on any atom is -0.350 e. The van der Waals surface area contributed by atoms with E-state index in [0.29, 0.717) is 0 Å². The summed E-state index contributed by atoms with van der Waals surface area (Å²) >= 11 is 0. The summed E-state index contributed by atoms with van der Waals surface area (Å²) in [5.74, 6) is 0. The SMILES string of the molecule is CN1C=CCc2ccncc21. The molecule has 0 unspecified atom stereocenters. The number of pyridine rings is 1. The summed E-state index contributed by atoms with van der Waals surface area (Å²) in [5.41, 5.74) is 2.57.